The number of nitrogens with one attached hydrogen (secondary N) is 1. The van der Waals surface area contributed by atoms with Crippen LogP contribution in [0.25, 0.3) is 0 Å². The average molecular weight is 248 g/mol. The van der Waals surface area contributed by atoms with E-state index >= 15 is 0 Å². The minimum Gasteiger partial charge on any atom is -0.495 e. The van der Waals surface area contributed by atoms with E-state index < -0.39 is 0 Å². The summed E-state index contributed by atoms with van der Waals surface area (Å²) in [4.78, 5) is 13.9. The molecule has 1 aromatic carbocycles. The van der Waals surface area contributed by atoms with Crippen LogP contribution in [0.15, 0.2) is 24.3 Å². The van der Waals surface area contributed by atoms with Crippen LogP contribution in [0.1, 0.15) is 20.3 Å². The first-order chi connectivity index (χ1) is 8.61. The van der Waals surface area contributed by atoms with Crippen LogP contribution in [0.5, 0.6) is 5.75 Å². The van der Waals surface area contributed by atoms with Gasteiger partial charge in [-0.1, -0.05) is 26.0 Å². The Labute approximate surface area is 108 Å². The maximum absolute atomic E-state index is 12.1. The molecule has 1 aromatic rings. The SMILES string of the molecule is COc1ccccc1N1CC(NC(C)C)CC1=O. The van der Waals surface area contributed by atoms with Crippen LogP contribution in [0.4, 0.5) is 5.69 Å². The summed E-state index contributed by atoms with van der Waals surface area (Å²) in [6.07, 6.45) is 0.552. The van der Waals surface area contributed by atoms with Gasteiger partial charge in [0.05, 0.1) is 12.8 Å². The number of carbonyl (C=O) groups is 1. The van der Waals surface area contributed by atoms with Gasteiger partial charge in [0.25, 0.3) is 0 Å². The summed E-state index contributed by atoms with van der Waals surface area (Å²) in [5.74, 6) is 0.897. The molecule has 4 heteroatoms. The topological polar surface area (TPSA) is 41.6 Å². The van der Waals surface area contributed by atoms with Gasteiger partial charge in [0, 0.05) is 25.0 Å². The molecular formula is C14H20N2O2. The molecule has 1 saturated heterocycles. The Morgan fingerprint density at radius 3 is 2.78 bits per heavy atom. The molecule has 0 saturated carbocycles. The highest BCUT2D eigenvalue weighted by molar-refractivity contribution is 5.97. The van der Waals surface area contributed by atoms with Crippen molar-refractivity contribution in [2.45, 2.75) is 32.4 Å². The molecule has 1 N–H and O–H groups in total. The second-order valence-corrected chi connectivity index (χ2v) is 4.90. The van der Waals surface area contributed by atoms with Gasteiger partial charge < -0.3 is 15.0 Å². The summed E-state index contributed by atoms with van der Waals surface area (Å²) in [6.45, 7) is 4.89. The zero-order chi connectivity index (χ0) is 13.1. The van der Waals surface area contributed by atoms with Crippen LogP contribution in [-0.2, 0) is 4.79 Å². The molecule has 0 radical (unpaired) electrons. The van der Waals surface area contributed by atoms with Crippen molar-refractivity contribution < 1.29 is 9.53 Å². The highest BCUT2D eigenvalue weighted by atomic mass is 16.5. The largest absolute Gasteiger partial charge is 0.495 e. The van der Waals surface area contributed by atoms with Gasteiger partial charge in [-0.3, -0.25) is 4.79 Å². The van der Waals surface area contributed by atoms with Crippen LogP contribution in [0, 0.1) is 0 Å². The minimum absolute atomic E-state index is 0.151. The number of benzene rings is 1. The van der Waals surface area contributed by atoms with E-state index in [4.69, 9.17) is 4.74 Å². The highest BCUT2D eigenvalue weighted by Crippen LogP contribution is 2.30. The summed E-state index contributed by atoms with van der Waals surface area (Å²) in [5, 5.41) is 3.41. The van der Waals surface area contributed by atoms with Gasteiger partial charge in [-0.15, -0.1) is 0 Å². The Hall–Kier alpha value is -1.55. The monoisotopic (exact) mass is 248 g/mol. The maximum atomic E-state index is 12.1. The number of hydrogen-bond donors (Lipinski definition) is 1. The van der Waals surface area contributed by atoms with Crippen molar-refractivity contribution in [2.24, 2.45) is 0 Å². The molecule has 0 spiro atoms. The second-order valence-electron chi connectivity index (χ2n) is 4.90. The summed E-state index contributed by atoms with van der Waals surface area (Å²) < 4.78 is 5.31. The number of para-hydroxylation sites is 2. The molecule has 1 aliphatic rings. The Balaban J connectivity index is 2.16. The van der Waals surface area contributed by atoms with Gasteiger partial charge in [-0.2, -0.15) is 0 Å². The number of rotatable bonds is 4. The van der Waals surface area contributed by atoms with Crippen molar-refractivity contribution in [1.82, 2.24) is 5.32 Å². The van der Waals surface area contributed by atoms with Gasteiger partial charge in [0.2, 0.25) is 5.91 Å². The van der Waals surface area contributed by atoms with E-state index in [1.165, 1.54) is 0 Å². The van der Waals surface area contributed by atoms with Gasteiger partial charge in [-0.05, 0) is 12.1 Å². The number of ether oxygens (including phenoxy) is 1. The summed E-state index contributed by atoms with van der Waals surface area (Å²) in [7, 11) is 1.63. The van der Waals surface area contributed by atoms with Crippen molar-refractivity contribution in [3.05, 3.63) is 24.3 Å². The normalized spacial score (nSPS) is 19.7. The lowest BCUT2D eigenvalue weighted by molar-refractivity contribution is -0.117. The molecule has 18 heavy (non-hydrogen) atoms. The number of carbonyl (C=O) groups excluding carboxylic acids is 1. The molecule has 0 bridgehead atoms. The molecule has 4 nitrogen and oxygen atoms in total. The smallest absolute Gasteiger partial charge is 0.228 e. The molecule has 1 atom stereocenters. The standard InChI is InChI=1S/C14H20N2O2/c1-10(2)15-11-8-14(17)16(9-11)12-6-4-5-7-13(12)18-3/h4-7,10-11,15H,8-9H2,1-3H3. The number of nitrogens with zero attached hydrogens (tertiary/aromatic N) is 1. The Morgan fingerprint density at radius 2 is 2.11 bits per heavy atom. The van der Waals surface area contributed by atoms with Crippen LogP contribution in [-0.4, -0.2) is 31.6 Å². The molecule has 1 heterocycles. The number of amides is 1. The fourth-order valence-corrected chi connectivity index (χ4v) is 2.38. The third-order valence-corrected chi connectivity index (χ3v) is 3.07. The number of anilines is 1. The zero-order valence-corrected chi connectivity index (χ0v) is 11.1. The average Bonchev–Trinajstić information content (AvgIpc) is 2.69. The lowest BCUT2D eigenvalue weighted by atomic mass is 10.2. The quantitative estimate of drug-likeness (QED) is 0.883. The number of hydrogen-bond acceptors (Lipinski definition) is 3. The van der Waals surface area contributed by atoms with Gasteiger partial charge in [0.15, 0.2) is 0 Å². The van der Waals surface area contributed by atoms with E-state index in [0.717, 1.165) is 11.4 Å². The molecule has 98 valence electrons. The van der Waals surface area contributed by atoms with Crippen molar-refractivity contribution >= 4 is 11.6 Å². The molecule has 1 aliphatic heterocycles. The Morgan fingerprint density at radius 1 is 1.39 bits per heavy atom. The van der Waals surface area contributed by atoms with Crippen molar-refractivity contribution in [1.29, 1.82) is 0 Å². The molecule has 0 aliphatic carbocycles. The first-order valence-corrected chi connectivity index (χ1v) is 6.31. The van der Waals surface area contributed by atoms with E-state index in [1.54, 1.807) is 12.0 Å². The molecule has 1 unspecified atom stereocenters. The van der Waals surface area contributed by atoms with E-state index in [9.17, 15) is 4.79 Å². The zero-order valence-electron chi connectivity index (χ0n) is 11.1. The van der Waals surface area contributed by atoms with Crippen molar-refractivity contribution in [2.75, 3.05) is 18.6 Å². The van der Waals surface area contributed by atoms with Crippen LogP contribution in [0.3, 0.4) is 0 Å². The third kappa shape index (κ3) is 2.64. The fourth-order valence-electron chi connectivity index (χ4n) is 2.38. The number of methoxy groups -OCH3 is 1. The predicted octanol–water partition coefficient (Wildman–Crippen LogP) is 1.80. The molecule has 0 aromatic heterocycles. The summed E-state index contributed by atoms with van der Waals surface area (Å²) in [5.41, 5.74) is 0.859. The van der Waals surface area contributed by atoms with Gasteiger partial charge in [-0.25, -0.2) is 0 Å². The molecule has 2 rings (SSSR count). The first-order valence-electron chi connectivity index (χ1n) is 6.31. The van der Waals surface area contributed by atoms with Gasteiger partial charge in [0.1, 0.15) is 5.75 Å². The van der Waals surface area contributed by atoms with E-state index in [0.29, 0.717) is 19.0 Å². The highest BCUT2D eigenvalue weighted by Gasteiger charge is 2.31. The first kappa shape index (κ1) is 12.9. The summed E-state index contributed by atoms with van der Waals surface area (Å²) in [6, 6.07) is 8.25. The Kier molecular flexibility index (Phi) is 3.87. The van der Waals surface area contributed by atoms with Crippen molar-refractivity contribution in [3.63, 3.8) is 0 Å². The fraction of sp³-hybridized carbons (Fsp3) is 0.500. The minimum atomic E-state index is 0.151. The van der Waals surface area contributed by atoms with Gasteiger partial charge >= 0.3 is 0 Å². The van der Waals surface area contributed by atoms with Crippen LogP contribution in [0.2, 0.25) is 0 Å². The molecular weight excluding hydrogens is 228 g/mol. The van der Waals surface area contributed by atoms with Crippen LogP contribution >= 0.6 is 0 Å². The maximum Gasteiger partial charge on any atom is 0.228 e. The summed E-state index contributed by atoms with van der Waals surface area (Å²) >= 11 is 0. The third-order valence-electron chi connectivity index (χ3n) is 3.07. The Bertz CT molecular complexity index is 432. The van der Waals surface area contributed by atoms with E-state index in [2.05, 4.69) is 19.2 Å². The predicted molar refractivity (Wildman–Crippen MR) is 72.0 cm³/mol. The second kappa shape index (κ2) is 5.40. The van der Waals surface area contributed by atoms with E-state index in [-0.39, 0.29) is 11.9 Å². The lowest BCUT2D eigenvalue weighted by Gasteiger charge is -2.20. The molecule has 1 amide bonds. The molecule has 1 fully saturated rings. The van der Waals surface area contributed by atoms with Crippen LogP contribution < -0.4 is 15.0 Å². The van der Waals surface area contributed by atoms with E-state index in [1.807, 2.05) is 24.3 Å². The van der Waals surface area contributed by atoms with Crippen molar-refractivity contribution in [3.8, 4) is 5.75 Å². The lowest BCUT2D eigenvalue weighted by Crippen LogP contribution is -2.37.